The lowest BCUT2D eigenvalue weighted by Gasteiger charge is -2.09. The summed E-state index contributed by atoms with van der Waals surface area (Å²) >= 11 is 0. The van der Waals surface area contributed by atoms with Crippen LogP contribution in [0.5, 0.6) is 17.5 Å². The normalized spacial score (nSPS) is 10.6. The van der Waals surface area contributed by atoms with Gasteiger partial charge in [0.1, 0.15) is 31.4 Å². The van der Waals surface area contributed by atoms with E-state index in [-0.39, 0.29) is 12.6 Å². The van der Waals surface area contributed by atoms with Crippen LogP contribution in [-0.2, 0) is 6.61 Å². The Morgan fingerprint density at radius 2 is 1.55 bits per heavy atom. The fourth-order valence-corrected chi connectivity index (χ4v) is 3.02. The van der Waals surface area contributed by atoms with E-state index < -0.39 is 6.67 Å². The molecule has 0 atom stereocenters. The van der Waals surface area contributed by atoms with Gasteiger partial charge in [0.2, 0.25) is 0 Å². The van der Waals surface area contributed by atoms with Crippen LogP contribution < -0.4 is 14.2 Å². The zero-order valence-corrected chi connectivity index (χ0v) is 17.1. The van der Waals surface area contributed by atoms with Crippen molar-refractivity contribution in [2.75, 3.05) is 20.4 Å². The molecular weight excluding hydrogens is 397 g/mol. The highest BCUT2D eigenvalue weighted by Crippen LogP contribution is 2.26. The molecule has 0 amide bonds. The minimum Gasteiger partial charge on any atom is -0.497 e. The van der Waals surface area contributed by atoms with Crippen LogP contribution in [0.2, 0.25) is 0 Å². The van der Waals surface area contributed by atoms with Gasteiger partial charge in [-0.15, -0.1) is 5.10 Å². The van der Waals surface area contributed by atoms with Crippen LogP contribution in [0.1, 0.15) is 5.56 Å². The molecule has 7 heteroatoms. The van der Waals surface area contributed by atoms with Crippen molar-refractivity contribution >= 4 is 0 Å². The molecule has 0 N–H and O–H groups in total. The average molecular weight is 419 g/mol. The fraction of sp³-hybridized carbons (Fsp3) is 0.167. The molecule has 158 valence electrons. The van der Waals surface area contributed by atoms with E-state index in [1.54, 1.807) is 11.8 Å². The van der Waals surface area contributed by atoms with Crippen LogP contribution in [0, 0.1) is 0 Å². The van der Waals surface area contributed by atoms with Crippen LogP contribution in [-0.4, -0.2) is 35.2 Å². The van der Waals surface area contributed by atoms with Gasteiger partial charge in [-0.2, -0.15) is 4.98 Å². The molecule has 4 aromatic rings. The van der Waals surface area contributed by atoms with E-state index in [0.29, 0.717) is 12.4 Å². The number of nitrogens with zero attached hydrogens (tertiary/aromatic N) is 3. The summed E-state index contributed by atoms with van der Waals surface area (Å²) in [5.74, 6) is 2.06. The Kier molecular flexibility index (Phi) is 6.42. The zero-order chi connectivity index (χ0) is 21.5. The molecule has 3 aromatic carbocycles. The van der Waals surface area contributed by atoms with Gasteiger partial charge in [-0.05, 0) is 54.1 Å². The van der Waals surface area contributed by atoms with Crippen molar-refractivity contribution in [2.45, 2.75) is 6.61 Å². The summed E-state index contributed by atoms with van der Waals surface area (Å²) in [6, 6.07) is 25.1. The minimum absolute atomic E-state index is 0.0989. The summed E-state index contributed by atoms with van der Waals surface area (Å²) in [5.41, 5.74) is 2.70. The van der Waals surface area contributed by atoms with Crippen LogP contribution in [0.25, 0.3) is 17.1 Å². The highest BCUT2D eigenvalue weighted by Gasteiger charge is 2.15. The highest BCUT2D eigenvalue weighted by molar-refractivity contribution is 5.59. The topological polar surface area (TPSA) is 58.4 Å². The maximum atomic E-state index is 12.5. The first-order chi connectivity index (χ1) is 15.3. The third kappa shape index (κ3) is 5.01. The quantitative estimate of drug-likeness (QED) is 0.387. The average Bonchev–Trinajstić information content (AvgIpc) is 3.26. The molecule has 0 saturated carbocycles. The van der Waals surface area contributed by atoms with Gasteiger partial charge in [0.05, 0.1) is 12.8 Å². The van der Waals surface area contributed by atoms with Gasteiger partial charge in [0.15, 0.2) is 5.82 Å². The standard InChI is InChI=1S/C24H22FN3O3/c1-29-21-13-9-20(10-14-21)28-23(26-24(27-28)30-16-15-25)19-7-11-22(12-8-19)31-17-18-5-3-2-4-6-18/h2-14H,15-17H2,1H3. The lowest BCUT2D eigenvalue weighted by Crippen LogP contribution is -2.02. The second kappa shape index (κ2) is 9.75. The van der Waals surface area contributed by atoms with Crippen molar-refractivity contribution in [3.05, 3.63) is 84.4 Å². The second-order valence-corrected chi connectivity index (χ2v) is 6.66. The Bertz CT molecular complexity index is 1100. The lowest BCUT2D eigenvalue weighted by atomic mass is 10.2. The summed E-state index contributed by atoms with van der Waals surface area (Å²) < 4.78 is 30.6. The molecule has 4 rings (SSSR count). The maximum absolute atomic E-state index is 12.5. The van der Waals surface area contributed by atoms with Crippen molar-refractivity contribution in [3.8, 4) is 34.6 Å². The van der Waals surface area contributed by atoms with E-state index in [2.05, 4.69) is 10.1 Å². The third-order valence-corrected chi connectivity index (χ3v) is 4.57. The molecule has 0 aliphatic carbocycles. The molecule has 0 bridgehead atoms. The second-order valence-electron chi connectivity index (χ2n) is 6.66. The Labute approximate surface area is 179 Å². The Morgan fingerprint density at radius 1 is 0.839 bits per heavy atom. The number of rotatable bonds is 9. The number of benzene rings is 3. The Hall–Kier alpha value is -3.87. The molecule has 0 aliphatic rings. The van der Waals surface area contributed by atoms with Gasteiger partial charge in [0.25, 0.3) is 0 Å². The summed E-state index contributed by atoms with van der Waals surface area (Å²) in [4.78, 5) is 4.45. The number of methoxy groups -OCH3 is 1. The molecule has 0 aliphatic heterocycles. The fourth-order valence-electron chi connectivity index (χ4n) is 3.02. The van der Waals surface area contributed by atoms with Gasteiger partial charge in [-0.25, -0.2) is 9.07 Å². The van der Waals surface area contributed by atoms with Crippen molar-refractivity contribution < 1.29 is 18.6 Å². The molecule has 0 unspecified atom stereocenters. The summed E-state index contributed by atoms with van der Waals surface area (Å²) in [7, 11) is 1.61. The number of alkyl halides is 1. The Balaban J connectivity index is 1.58. The van der Waals surface area contributed by atoms with Gasteiger partial charge in [-0.3, -0.25) is 0 Å². The smallest absolute Gasteiger partial charge is 0.336 e. The first-order valence-corrected chi connectivity index (χ1v) is 9.84. The monoisotopic (exact) mass is 419 g/mol. The minimum atomic E-state index is -0.611. The molecule has 0 fully saturated rings. The van der Waals surface area contributed by atoms with Gasteiger partial charge >= 0.3 is 6.01 Å². The van der Waals surface area contributed by atoms with Crippen LogP contribution in [0.15, 0.2) is 78.9 Å². The first-order valence-electron chi connectivity index (χ1n) is 9.84. The summed E-state index contributed by atoms with van der Waals surface area (Å²) in [6.07, 6.45) is 0. The van der Waals surface area contributed by atoms with Crippen LogP contribution in [0.3, 0.4) is 0 Å². The third-order valence-electron chi connectivity index (χ3n) is 4.57. The van der Waals surface area contributed by atoms with Crippen molar-refractivity contribution in [1.29, 1.82) is 0 Å². The number of halogens is 1. The van der Waals surface area contributed by atoms with E-state index >= 15 is 0 Å². The summed E-state index contributed by atoms with van der Waals surface area (Å²) in [6.45, 7) is -0.221. The van der Waals surface area contributed by atoms with E-state index in [4.69, 9.17) is 14.2 Å². The molecule has 1 aromatic heterocycles. The van der Waals surface area contributed by atoms with Crippen molar-refractivity contribution in [3.63, 3.8) is 0 Å². The molecule has 1 heterocycles. The molecule has 31 heavy (non-hydrogen) atoms. The largest absolute Gasteiger partial charge is 0.497 e. The van der Waals surface area contributed by atoms with Gasteiger partial charge in [-0.1, -0.05) is 30.3 Å². The molecule has 0 saturated heterocycles. The number of hydrogen-bond donors (Lipinski definition) is 0. The van der Waals surface area contributed by atoms with Crippen LogP contribution >= 0.6 is 0 Å². The number of aromatic nitrogens is 3. The Morgan fingerprint density at radius 3 is 2.23 bits per heavy atom. The van der Waals surface area contributed by atoms with Gasteiger partial charge in [0, 0.05) is 5.56 Å². The lowest BCUT2D eigenvalue weighted by molar-refractivity contribution is 0.255. The van der Waals surface area contributed by atoms with Gasteiger partial charge < -0.3 is 14.2 Å². The van der Waals surface area contributed by atoms with E-state index in [0.717, 1.165) is 28.3 Å². The van der Waals surface area contributed by atoms with Crippen molar-refractivity contribution in [2.24, 2.45) is 0 Å². The number of ether oxygens (including phenoxy) is 3. The maximum Gasteiger partial charge on any atom is 0.336 e. The summed E-state index contributed by atoms with van der Waals surface area (Å²) in [5, 5.41) is 4.39. The predicted molar refractivity (Wildman–Crippen MR) is 116 cm³/mol. The molecule has 0 radical (unpaired) electrons. The van der Waals surface area contributed by atoms with E-state index in [9.17, 15) is 4.39 Å². The highest BCUT2D eigenvalue weighted by atomic mass is 19.1. The molecular formula is C24H22FN3O3. The zero-order valence-electron chi connectivity index (χ0n) is 17.1. The number of hydrogen-bond acceptors (Lipinski definition) is 5. The predicted octanol–water partition coefficient (Wildman–Crippen LogP) is 4.87. The van der Waals surface area contributed by atoms with Crippen LogP contribution in [0.4, 0.5) is 4.39 Å². The molecule has 0 spiro atoms. The SMILES string of the molecule is COc1ccc(-n2nc(OCCF)nc2-c2ccc(OCc3ccccc3)cc2)cc1. The van der Waals surface area contributed by atoms with E-state index in [1.165, 1.54) is 0 Å². The first kappa shape index (κ1) is 20.4. The van der Waals surface area contributed by atoms with E-state index in [1.807, 2.05) is 78.9 Å². The van der Waals surface area contributed by atoms with Crippen molar-refractivity contribution in [1.82, 2.24) is 14.8 Å². The molecule has 6 nitrogen and oxygen atoms in total.